The van der Waals surface area contributed by atoms with Gasteiger partial charge in [0.1, 0.15) is 5.75 Å². The molecule has 24 heavy (non-hydrogen) atoms. The van der Waals surface area contributed by atoms with Gasteiger partial charge in [0, 0.05) is 0 Å². The highest BCUT2D eigenvalue weighted by atomic mass is 32.2. The van der Waals surface area contributed by atoms with Crippen LogP contribution in [0.25, 0.3) is 0 Å². The lowest BCUT2D eigenvalue weighted by atomic mass is 10.3. The highest BCUT2D eigenvalue weighted by Gasteiger charge is 2.18. The van der Waals surface area contributed by atoms with E-state index >= 15 is 0 Å². The van der Waals surface area contributed by atoms with Crippen LogP contribution in [0.5, 0.6) is 5.75 Å². The summed E-state index contributed by atoms with van der Waals surface area (Å²) in [6.07, 6.45) is 0. The Balaban J connectivity index is 2.01. The Morgan fingerprint density at radius 2 is 2.12 bits per heavy atom. The van der Waals surface area contributed by atoms with Crippen LogP contribution in [-0.2, 0) is 4.79 Å². The maximum absolute atomic E-state index is 11.7. The van der Waals surface area contributed by atoms with E-state index in [1.807, 2.05) is 36.5 Å². The number of nitrogens with two attached hydrogens (primary N) is 1. The molecule has 1 atom stereocenters. The van der Waals surface area contributed by atoms with Gasteiger partial charge in [-0.1, -0.05) is 35.2 Å². The quantitative estimate of drug-likeness (QED) is 0.643. The van der Waals surface area contributed by atoms with Gasteiger partial charge in [-0.3, -0.25) is 10.1 Å². The van der Waals surface area contributed by atoms with Gasteiger partial charge >= 0.3 is 6.03 Å². The summed E-state index contributed by atoms with van der Waals surface area (Å²) < 4.78 is 6.14. The molecule has 4 N–H and O–H groups in total. The molecule has 1 aromatic carbocycles. The highest BCUT2D eigenvalue weighted by molar-refractivity contribution is 8.02. The summed E-state index contributed by atoms with van der Waals surface area (Å²) in [7, 11) is 0. The lowest BCUT2D eigenvalue weighted by Gasteiger charge is -2.09. The molecule has 1 heterocycles. The van der Waals surface area contributed by atoms with Crippen LogP contribution in [-0.4, -0.2) is 34.0 Å². The fourth-order valence-electron chi connectivity index (χ4n) is 1.70. The minimum absolute atomic E-state index is 0.473. The first-order valence-corrected chi connectivity index (χ1v) is 8.78. The fraction of sp³-hybridized carbons (Fsp3) is 0.286. The summed E-state index contributed by atoms with van der Waals surface area (Å²) in [5, 5.41) is 13.3. The van der Waals surface area contributed by atoms with Crippen LogP contribution in [0.4, 0.5) is 15.6 Å². The average molecular weight is 367 g/mol. The van der Waals surface area contributed by atoms with Crippen molar-refractivity contribution >= 4 is 45.9 Å². The number of para-hydroxylation sites is 2. The first kappa shape index (κ1) is 18.0. The lowest BCUT2D eigenvalue weighted by Crippen LogP contribution is -2.39. The van der Waals surface area contributed by atoms with Crippen LogP contribution >= 0.6 is 23.1 Å². The molecule has 0 unspecified atom stereocenters. The number of carbonyl (C=O) groups is 2. The number of primary amides is 1. The van der Waals surface area contributed by atoms with Crippen molar-refractivity contribution < 1.29 is 14.3 Å². The molecule has 0 spiro atoms. The number of nitrogens with zero attached hydrogens (tertiary/aromatic N) is 2. The molecule has 0 aliphatic rings. The second-order valence-electron chi connectivity index (χ2n) is 4.54. The van der Waals surface area contributed by atoms with E-state index in [-0.39, 0.29) is 0 Å². The molecule has 0 aliphatic heterocycles. The second kappa shape index (κ2) is 8.50. The predicted octanol–water partition coefficient (Wildman–Crippen LogP) is 2.36. The number of imide groups is 1. The molecule has 10 heteroatoms. The van der Waals surface area contributed by atoms with Crippen LogP contribution in [0.2, 0.25) is 0 Å². The van der Waals surface area contributed by atoms with Crippen LogP contribution in [0.15, 0.2) is 28.6 Å². The van der Waals surface area contributed by atoms with Crippen molar-refractivity contribution in [3.63, 3.8) is 0 Å². The summed E-state index contributed by atoms with van der Waals surface area (Å²) in [6, 6.07) is 6.63. The molecule has 0 saturated carbocycles. The lowest BCUT2D eigenvalue weighted by molar-refractivity contribution is -0.119. The van der Waals surface area contributed by atoms with Crippen molar-refractivity contribution in [2.24, 2.45) is 5.73 Å². The van der Waals surface area contributed by atoms with E-state index in [2.05, 4.69) is 15.5 Å². The third-order valence-electron chi connectivity index (χ3n) is 2.73. The highest BCUT2D eigenvalue weighted by Crippen LogP contribution is 2.33. The zero-order chi connectivity index (χ0) is 17.5. The van der Waals surface area contributed by atoms with E-state index in [0.29, 0.717) is 16.1 Å². The molecule has 3 amide bonds. The predicted molar refractivity (Wildman–Crippen MR) is 93.8 cm³/mol. The van der Waals surface area contributed by atoms with E-state index in [4.69, 9.17) is 10.5 Å². The van der Waals surface area contributed by atoms with Crippen LogP contribution in [0.3, 0.4) is 0 Å². The molecular formula is C14H17N5O3S2. The molecule has 0 bridgehead atoms. The first-order valence-electron chi connectivity index (χ1n) is 7.09. The largest absolute Gasteiger partial charge is 0.492 e. The van der Waals surface area contributed by atoms with Crippen LogP contribution in [0.1, 0.15) is 13.8 Å². The number of amides is 3. The van der Waals surface area contributed by atoms with Crippen molar-refractivity contribution in [2.45, 2.75) is 23.4 Å². The molecule has 0 fully saturated rings. The Morgan fingerprint density at radius 1 is 1.38 bits per heavy atom. The van der Waals surface area contributed by atoms with Crippen molar-refractivity contribution in [1.82, 2.24) is 15.5 Å². The Morgan fingerprint density at radius 3 is 2.83 bits per heavy atom. The summed E-state index contributed by atoms with van der Waals surface area (Å²) >= 11 is 2.49. The number of carbonyl (C=O) groups excluding carboxylic acids is 2. The summed E-state index contributed by atoms with van der Waals surface area (Å²) in [4.78, 5) is 22.4. The molecule has 2 rings (SSSR count). The number of urea groups is 1. The standard InChI is InChI=1S/C14H17N5O3S2/c1-3-22-10-7-5-4-6-9(10)16-13-18-19-14(24-13)23-8(2)11(20)17-12(15)21/h4-8H,3H2,1-2H3,(H,16,18)(H3,15,17,20,21)/t8-/m0/s1. The average Bonchev–Trinajstić information content (AvgIpc) is 2.96. The Labute approximate surface area is 147 Å². The first-order chi connectivity index (χ1) is 11.5. The van der Waals surface area contributed by atoms with Crippen molar-refractivity contribution in [3.05, 3.63) is 24.3 Å². The molecule has 8 nitrogen and oxygen atoms in total. The monoisotopic (exact) mass is 367 g/mol. The Hall–Kier alpha value is -2.33. The van der Waals surface area contributed by atoms with Gasteiger partial charge < -0.3 is 15.8 Å². The molecule has 0 radical (unpaired) electrons. The molecule has 0 aliphatic carbocycles. The molecular weight excluding hydrogens is 350 g/mol. The van der Waals surface area contributed by atoms with E-state index in [1.54, 1.807) is 6.92 Å². The fourth-order valence-corrected chi connectivity index (χ4v) is 3.61. The number of thioether (sulfide) groups is 1. The summed E-state index contributed by atoms with van der Waals surface area (Å²) in [6.45, 7) is 4.12. The van der Waals surface area contributed by atoms with Gasteiger partial charge in [0.15, 0.2) is 4.34 Å². The maximum atomic E-state index is 11.7. The number of anilines is 2. The van der Waals surface area contributed by atoms with Gasteiger partial charge in [-0.25, -0.2) is 4.79 Å². The van der Waals surface area contributed by atoms with Crippen molar-refractivity contribution in [3.8, 4) is 5.75 Å². The Kier molecular flexibility index (Phi) is 6.38. The van der Waals surface area contributed by atoms with Gasteiger partial charge in [-0.2, -0.15) is 0 Å². The van der Waals surface area contributed by atoms with E-state index in [1.165, 1.54) is 23.1 Å². The van der Waals surface area contributed by atoms with Crippen molar-refractivity contribution in [2.75, 3.05) is 11.9 Å². The minimum Gasteiger partial charge on any atom is -0.492 e. The molecule has 1 aromatic heterocycles. The second-order valence-corrected chi connectivity index (χ2v) is 7.11. The van der Waals surface area contributed by atoms with E-state index in [9.17, 15) is 9.59 Å². The van der Waals surface area contributed by atoms with Gasteiger partial charge in [0.05, 0.1) is 17.5 Å². The number of aromatic nitrogens is 2. The van der Waals surface area contributed by atoms with Gasteiger partial charge in [-0.15, -0.1) is 10.2 Å². The van der Waals surface area contributed by atoms with Crippen LogP contribution < -0.4 is 21.1 Å². The number of hydrogen-bond acceptors (Lipinski definition) is 8. The summed E-state index contributed by atoms with van der Waals surface area (Å²) in [5.41, 5.74) is 5.71. The number of hydrogen-bond donors (Lipinski definition) is 3. The van der Waals surface area contributed by atoms with E-state index < -0.39 is 17.2 Å². The minimum atomic E-state index is -0.875. The molecule has 128 valence electrons. The number of benzene rings is 1. The van der Waals surface area contributed by atoms with Gasteiger partial charge in [-0.05, 0) is 26.0 Å². The Bertz CT molecular complexity index is 722. The topological polar surface area (TPSA) is 119 Å². The maximum Gasteiger partial charge on any atom is 0.318 e. The normalized spacial score (nSPS) is 11.6. The van der Waals surface area contributed by atoms with Crippen molar-refractivity contribution in [1.29, 1.82) is 0 Å². The van der Waals surface area contributed by atoms with Gasteiger partial charge in [0.2, 0.25) is 11.0 Å². The SMILES string of the molecule is CCOc1ccccc1Nc1nnc(S[C@@H](C)C(=O)NC(N)=O)s1. The molecule has 0 saturated heterocycles. The molecule has 2 aromatic rings. The number of rotatable bonds is 7. The smallest absolute Gasteiger partial charge is 0.318 e. The van der Waals surface area contributed by atoms with Crippen LogP contribution in [0, 0.1) is 0 Å². The number of ether oxygens (including phenoxy) is 1. The van der Waals surface area contributed by atoms with E-state index in [0.717, 1.165) is 11.4 Å². The third kappa shape index (κ3) is 5.10. The van der Waals surface area contributed by atoms with Gasteiger partial charge in [0.25, 0.3) is 0 Å². The number of nitrogens with one attached hydrogen (secondary N) is 2. The zero-order valence-corrected chi connectivity index (χ0v) is 14.7. The summed E-state index contributed by atoms with van der Waals surface area (Å²) in [5.74, 6) is 0.248. The third-order valence-corrected chi connectivity index (χ3v) is 4.75. The zero-order valence-electron chi connectivity index (χ0n) is 13.1.